The highest BCUT2D eigenvalue weighted by Gasteiger charge is 2.60. The third kappa shape index (κ3) is 1.78. The number of nitrogens with zero attached hydrogens (tertiary/aromatic N) is 1. The van der Waals surface area contributed by atoms with Crippen LogP contribution in [-0.4, -0.2) is 43.1 Å². The molecule has 1 aliphatic carbocycles. The zero-order valence-electron chi connectivity index (χ0n) is 11.2. The van der Waals surface area contributed by atoms with Crippen LogP contribution in [0.15, 0.2) is 0 Å². The number of ketones is 1. The van der Waals surface area contributed by atoms with E-state index in [0.29, 0.717) is 6.42 Å². The van der Waals surface area contributed by atoms with Crippen LogP contribution in [0.4, 0.5) is 4.79 Å². The van der Waals surface area contributed by atoms with Gasteiger partial charge in [0.15, 0.2) is 0 Å². The van der Waals surface area contributed by atoms with Gasteiger partial charge in [-0.15, -0.1) is 0 Å². The highest BCUT2D eigenvalue weighted by atomic mass is 16.5. The SMILES string of the molecule is CO[C]1[CH][CH][C@H]2[C@@H]3C(=O)CCC[C@@H]3[C@@H]1N2C(=O)OC. The predicted molar refractivity (Wildman–Crippen MR) is 66.5 cm³/mol. The van der Waals surface area contributed by atoms with Gasteiger partial charge in [-0.3, -0.25) is 9.69 Å². The van der Waals surface area contributed by atoms with Gasteiger partial charge in [0, 0.05) is 31.9 Å². The number of hydrogen-bond donors (Lipinski definition) is 0. The molecular formula is C14H18NO4. The second-order valence-corrected chi connectivity index (χ2v) is 5.33. The van der Waals surface area contributed by atoms with Crippen LogP contribution < -0.4 is 0 Å². The number of carbonyl (C=O) groups is 2. The first kappa shape index (κ1) is 12.9. The molecule has 0 unspecified atom stereocenters. The number of rotatable bonds is 1. The quantitative estimate of drug-likeness (QED) is 0.718. The molecule has 0 aromatic rings. The van der Waals surface area contributed by atoms with Crippen molar-refractivity contribution in [1.82, 2.24) is 4.90 Å². The van der Waals surface area contributed by atoms with Crippen LogP contribution in [0.2, 0.25) is 0 Å². The number of carbonyl (C=O) groups excluding carboxylic acids is 2. The minimum atomic E-state index is -0.379. The number of hydrogen-bond acceptors (Lipinski definition) is 4. The monoisotopic (exact) mass is 264 g/mol. The third-order valence-electron chi connectivity index (χ3n) is 4.56. The lowest BCUT2D eigenvalue weighted by molar-refractivity contribution is -0.126. The minimum absolute atomic E-state index is 0.0956. The molecule has 2 aliphatic heterocycles. The molecule has 0 aromatic heterocycles. The fourth-order valence-corrected chi connectivity index (χ4v) is 3.84. The number of methoxy groups -OCH3 is 2. The topological polar surface area (TPSA) is 55.8 Å². The van der Waals surface area contributed by atoms with E-state index in [4.69, 9.17) is 9.47 Å². The van der Waals surface area contributed by atoms with Crippen molar-refractivity contribution in [2.24, 2.45) is 11.8 Å². The van der Waals surface area contributed by atoms with Gasteiger partial charge in [-0.1, -0.05) is 0 Å². The van der Waals surface area contributed by atoms with E-state index in [2.05, 4.69) is 0 Å². The Balaban J connectivity index is 1.97. The lowest BCUT2D eigenvalue weighted by Gasteiger charge is -2.38. The molecule has 3 radical (unpaired) electrons. The maximum Gasteiger partial charge on any atom is 0.410 e. The maximum absolute atomic E-state index is 12.2. The molecule has 3 aliphatic rings. The number of ether oxygens (including phenoxy) is 2. The third-order valence-corrected chi connectivity index (χ3v) is 4.56. The molecular weight excluding hydrogens is 246 g/mol. The van der Waals surface area contributed by atoms with E-state index in [1.807, 2.05) is 12.8 Å². The Hall–Kier alpha value is -1.10. The second-order valence-electron chi connectivity index (χ2n) is 5.33. The van der Waals surface area contributed by atoms with Crippen molar-refractivity contribution in [2.45, 2.75) is 31.3 Å². The summed E-state index contributed by atoms with van der Waals surface area (Å²) in [6.45, 7) is 0. The standard InChI is InChI=1S/C14H18NO4/c1-18-11-7-6-9-12-8(4-3-5-10(12)16)13(11)15(9)14(17)19-2/h6-9,12-13H,3-5H2,1-2H3/t8-,9-,12+,13-/m0/s1. The fraction of sp³-hybridized carbons (Fsp3) is 0.643. The summed E-state index contributed by atoms with van der Waals surface area (Å²) in [5, 5.41) is 0. The molecule has 2 bridgehead atoms. The van der Waals surface area contributed by atoms with Gasteiger partial charge in [0.2, 0.25) is 0 Å². The predicted octanol–water partition coefficient (Wildman–Crippen LogP) is 1.39. The molecule has 0 aromatic carbocycles. The first-order valence-corrected chi connectivity index (χ1v) is 6.67. The average molecular weight is 264 g/mol. The van der Waals surface area contributed by atoms with Crippen molar-refractivity contribution in [3.8, 4) is 0 Å². The van der Waals surface area contributed by atoms with Crippen LogP contribution in [0.5, 0.6) is 0 Å². The molecule has 2 heterocycles. The van der Waals surface area contributed by atoms with Crippen molar-refractivity contribution in [1.29, 1.82) is 0 Å². The first-order chi connectivity index (χ1) is 9.19. The lowest BCUT2D eigenvalue weighted by Crippen LogP contribution is -2.50. The fourth-order valence-electron chi connectivity index (χ4n) is 3.84. The van der Waals surface area contributed by atoms with E-state index in [1.165, 1.54) is 7.11 Å². The summed E-state index contributed by atoms with van der Waals surface area (Å²) in [7, 11) is 2.98. The number of amides is 1. The molecule has 3 fully saturated rings. The van der Waals surface area contributed by atoms with Gasteiger partial charge >= 0.3 is 6.09 Å². The summed E-state index contributed by atoms with van der Waals surface area (Å²) in [5.41, 5.74) is 0. The Labute approximate surface area is 113 Å². The largest absolute Gasteiger partial charge is 0.453 e. The van der Waals surface area contributed by atoms with Gasteiger partial charge in [-0.2, -0.15) is 0 Å². The number of fused-ring (bicyclic) bond motifs is 5. The van der Waals surface area contributed by atoms with Gasteiger partial charge in [-0.05, 0) is 25.2 Å². The Morgan fingerprint density at radius 2 is 2.21 bits per heavy atom. The molecule has 1 saturated carbocycles. The number of piperidine rings is 1. The van der Waals surface area contributed by atoms with E-state index >= 15 is 0 Å². The summed E-state index contributed by atoms with van der Waals surface area (Å²) in [4.78, 5) is 25.9. The highest BCUT2D eigenvalue weighted by molar-refractivity contribution is 5.85. The van der Waals surface area contributed by atoms with Crippen LogP contribution in [-0.2, 0) is 14.3 Å². The molecule has 4 atom stereocenters. The minimum Gasteiger partial charge on any atom is -0.453 e. The second kappa shape index (κ2) is 4.78. The molecule has 2 saturated heterocycles. The summed E-state index contributed by atoms with van der Waals surface area (Å²) in [5.74, 6) is 0.330. The van der Waals surface area contributed by atoms with E-state index < -0.39 is 0 Å². The molecule has 5 heteroatoms. The summed E-state index contributed by atoms with van der Waals surface area (Å²) in [6, 6.07) is -0.323. The van der Waals surface area contributed by atoms with E-state index in [0.717, 1.165) is 18.9 Å². The first-order valence-electron chi connectivity index (χ1n) is 6.67. The Bertz CT molecular complexity index is 397. The average Bonchev–Trinajstić information content (AvgIpc) is 2.67. The van der Waals surface area contributed by atoms with Gasteiger partial charge < -0.3 is 9.47 Å². The summed E-state index contributed by atoms with van der Waals surface area (Å²) >= 11 is 0. The van der Waals surface area contributed by atoms with Crippen LogP contribution in [0.1, 0.15) is 19.3 Å². The zero-order valence-corrected chi connectivity index (χ0v) is 11.2. The molecule has 5 nitrogen and oxygen atoms in total. The Morgan fingerprint density at radius 1 is 1.42 bits per heavy atom. The molecule has 1 amide bonds. The highest BCUT2D eigenvalue weighted by Crippen LogP contribution is 2.51. The lowest BCUT2D eigenvalue weighted by atomic mass is 9.75. The van der Waals surface area contributed by atoms with Crippen molar-refractivity contribution in [3.05, 3.63) is 18.9 Å². The maximum atomic E-state index is 12.2. The normalized spacial score (nSPS) is 38.2. The van der Waals surface area contributed by atoms with E-state index in [1.54, 1.807) is 12.0 Å². The van der Waals surface area contributed by atoms with Crippen molar-refractivity contribution in [3.63, 3.8) is 0 Å². The molecule has 0 spiro atoms. The van der Waals surface area contributed by atoms with Crippen LogP contribution in [0.3, 0.4) is 0 Å². The van der Waals surface area contributed by atoms with Crippen molar-refractivity contribution < 1.29 is 19.1 Å². The number of Topliss-reactive ketones (excluding diaryl/α,β-unsaturated/α-hetero) is 1. The van der Waals surface area contributed by atoms with Gasteiger partial charge in [-0.25, -0.2) is 4.79 Å². The molecule has 3 rings (SSSR count). The van der Waals surface area contributed by atoms with Crippen molar-refractivity contribution >= 4 is 11.9 Å². The smallest absolute Gasteiger partial charge is 0.410 e. The van der Waals surface area contributed by atoms with Crippen LogP contribution in [0.25, 0.3) is 0 Å². The van der Waals surface area contributed by atoms with Crippen LogP contribution in [0, 0.1) is 30.8 Å². The molecule has 0 N–H and O–H groups in total. The van der Waals surface area contributed by atoms with E-state index in [-0.39, 0.29) is 35.8 Å². The Morgan fingerprint density at radius 3 is 2.89 bits per heavy atom. The summed E-state index contributed by atoms with van der Waals surface area (Å²) < 4.78 is 10.3. The molecule has 103 valence electrons. The van der Waals surface area contributed by atoms with Crippen molar-refractivity contribution in [2.75, 3.05) is 14.2 Å². The van der Waals surface area contributed by atoms with Gasteiger partial charge in [0.1, 0.15) is 11.9 Å². The van der Waals surface area contributed by atoms with Gasteiger partial charge in [0.25, 0.3) is 0 Å². The Kier molecular flexibility index (Phi) is 3.25. The van der Waals surface area contributed by atoms with E-state index in [9.17, 15) is 9.59 Å². The summed E-state index contributed by atoms with van der Waals surface area (Å²) in [6.07, 6.45) is 6.66. The van der Waals surface area contributed by atoms with Gasteiger partial charge in [0.05, 0.1) is 13.2 Å². The molecule has 19 heavy (non-hydrogen) atoms. The zero-order chi connectivity index (χ0) is 13.6. The van der Waals surface area contributed by atoms with Crippen LogP contribution >= 0.6 is 0 Å².